The van der Waals surface area contributed by atoms with Gasteiger partial charge >= 0.3 is 5.97 Å². The molecule has 0 fully saturated rings. The largest absolute Gasteiger partial charge is 0.495 e. The second-order valence-corrected chi connectivity index (χ2v) is 5.98. The number of hydrogen-bond donors (Lipinski definition) is 1. The molecule has 0 radical (unpaired) electrons. The third-order valence-corrected chi connectivity index (χ3v) is 4.32. The summed E-state index contributed by atoms with van der Waals surface area (Å²) in [5.41, 5.74) is 0.511. The van der Waals surface area contributed by atoms with Crippen LogP contribution in [0.15, 0.2) is 53.4 Å². The van der Waals surface area contributed by atoms with Gasteiger partial charge in [-0.2, -0.15) is 0 Å². The van der Waals surface area contributed by atoms with E-state index in [9.17, 15) is 13.2 Å². The van der Waals surface area contributed by atoms with Crippen molar-refractivity contribution >= 4 is 21.7 Å². The number of anilines is 1. The lowest BCUT2D eigenvalue weighted by Crippen LogP contribution is -2.14. The van der Waals surface area contributed by atoms with Crippen LogP contribution in [0.4, 0.5) is 5.69 Å². The summed E-state index contributed by atoms with van der Waals surface area (Å²) in [5, 5.41) is 0. The summed E-state index contributed by atoms with van der Waals surface area (Å²) in [6.45, 7) is 0. The molecule has 6 nitrogen and oxygen atoms in total. The fourth-order valence-electron chi connectivity index (χ4n) is 1.88. The summed E-state index contributed by atoms with van der Waals surface area (Å²) >= 11 is 0. The average Bonchev–Trinajstić information content (AvgIpc) is 2.53. The normalized spacial score (nSPS) is 10.8. The van der Waals surface area contributed by atoms with E-state index in [0.717, 1.165) is 0 Å². The molecule has 1 N–H and O–H groups in total. The van der Waals surface area contributed by atoms with Crippen LogP contribution in [0, 0.1) is 0 Å². The van der Waals surface area contributed by atoms with Gasteiger partial charge < -0.3 is 9.47 Å². The van der Waals surface area contributed by atoms with Crippen LogP contribution in [0.3, 0.4) is 0 Å². The summed E-state index contributed by atoms with van der Waals surface area (Å²) in [4.78, 5) is 11.5. The Balaban J connectivity index is 2.35. The number of carbonyl (C=O) groups excluding carboxylic acids is 1. The predicted molar refractivity (Wildman–Crippen MR) is 81.6 cm³/mol. The zero-order valence-corrected chi connectivity index (χ0v) is 12.9. The first-order valence-corrected chi connectivity index (χ1v) is 7.80. The van der Waals surface area contributed by atoms with Crippen molar-refractivity contribution in [3.63, 3.8) is 0 Å². The molecule has 0 amide bonds. The zero-order valence-electron chi connectivity index (χ0n) is 12.1. The van der Waals surface area contributed by atoms with Gasteiger partial charge in [0.25, 0.3) is 10.0 Å². The van der Waals surface area contributed by atoms with Crippen molar-refractivity contribution < 1.29 is 22.7 Å². The van der Waals surface area contributed by atoms with Crippen molar-refractivity contribution in [2.45, 2.75) is 4.90 Å². The number of carbonyl (C=O) groups is 1. The molecular weight excluding hydrogens is 306 g/mol. The van der Waals surface area contributed by atoms with Crippen LogP contribution in [0.5, 0.6) is 5.75 Å². The number of methoxy groups -OCH3 is 2. The van der Waals surface area contributed by atoms with Gasteiger partial charge in [0, 0.05) is 5.69 Å². The molecule has 0 atom stereocenters. The van der Waals surface area contributed by atoms with E-state index in [1.807, 2.05) is 0 Å². The highest BCUT2D eigenvalue weighted by molar-refractivity contribution is 7.92. The highest BCUT2D eigenvalue weighted by Crippen LogP contribution is 2.25. The van der Waals surface area contributed by atoms with E-state index in [1.165, 1.54) is 32.4 Å². The number of nitrogens with one attached hydrogen (secondary N) is 1. The Hall–Kier alpha value is -2.54. The molecule has 2 aromatic rings. The van der Waals surface area contributed by atoms with E-state index in [4.69, 9.17) is 4.74 Å². The first-order valence-electron chi connectivity index (χ1n) is 6.32. The van der Waals surface area contributed by atoms with Gasteiger partial charge in [-0.05, 0) is 30.3 Å². The van der Waals surface area contributed by atoms with Gasteiger partial charge in [0.05, 0.1) is 19.8 Å². The summed E-state index contributed by atoms with van der Waals surface area (Å²) in [5.74, 6) is -0.308. The van der Waals surface area contributed by atoms with Crippen LogP contribution < -0.4 is 9.46 Å². The van der Waals surface area contributed by atoms with E-state index in [0.29, 0.717) is 0 Å². The van der Waals surface area contributed by atoms with Gasteiger partial charge in [0.1, 0.15) is 10.6 Å². The minimum absolute atomic E-state index is 0.0148. The van der Waals surface area contributed by atoms with E-state index >= 15 is 0 Å². The van der Waals surface area contributed by atoms with Crippen LogP contribution >= 0.6 is 0 Å². The Morgan fingerprint density at radius 3 is 2.45 bits per heavy atom. The molecule has 116 valence electrons. The van der Waals surface area contributed by atoms with Crippen LogP contribution in [-0.2, 0) is 14.8 Å². The van der Waals surface area contributed by atoms with E-state index < -0.39 is 16.0 Å². The first kappa shape index (κ1) is 15.8. The highest BCUT2D eigenvalue weighted by Gasteiger charge is 2.19. The lowest BCUT2D eigenvalue weighted by atomic mass is 10.2. The zero-order chi connectivity index (χ0) is 16.2. The maximum Gasteiger partial charge on any atom is 0.337 e. The number of hydrogen-bond acceptors (Lipinski definition) is 5. The van der Waals surface area contributed by atoms with Crippen LogP contribution in [0.1, 0.15) is 10.4 Å². The molecule has 0 saturated carbocycles. The van der Waals surface area contributed by atoms with E-state index in [2.05, 4.69) is 9.46 Å². The number of ether oxygens (including phenoxy) is 2. The summed E-state index contributed by atoms with van der Waals surface area (Å²) in [6.07, 6.45) is 0. The smallest absolute Gasteiger partial charge is 0.337 e. The van der Waals surface area contributed by atoms with Gasteiger partial charge in [-0.1, -0.05) is 18.2 Å². The number of rotatable bonds is 5. The van der Waals surface area contributed by atoms with Crippen molar-refractivity contribution in [1.29, 1.82) is 0 Å². The fourth-order valence-corrected chi connectivity index (χ4v) is 3.10. The van der Waals surface area contributed by atoms with Crippen LogP contribution in [0.2, 0.25) is 0 Å². The molecule has 0 spiro atoms. The molecule has 0 aliphatic rings. The molecule has 22 heavy (non-hydrogen) atoms. The summed E-state index contributed by atoms with van der Waals surface area (Å²) < 4.78 is 36.9. The third kappa shape index (κ3) is 3.37. The van der Waals surface area contributed by atoms with Gasteiger partial charge in [-0.15, -0.1) is 0 Å². The molecule has 7 heteroatoms. The molecule has 0 aliphatic heterocycles. The standard InChI is InChI=1S/C15H15NO5S/c1-20-13-8-3-4-9-14(13)22(18,19)16-12-7-5-6-11(10-12)15(17)21-2/h3-10,16H,1-2H3. The van der Waals surface area contributed by atoms with Gasteiger partial charge in [-0.3, -0.25) is 4.72 Å². The predicted octanol–water partition coefficient (Wildman–Crippen LogP) is 2.28. The van der Waals surface area contributed by atoms with Crippen molar-refractivity contribution in [3.05, 3.63) is 54.1 Å². The molecule has 2 rings (SSSR count). The molecule has 0 unspecified atom stereocenters. The Kier molecular flexibility index (Phi) is 4.67. The quantitative estimate of drug-likeness (QED) is 0.854. The van der Waals surface area contributed by atoms with Crippen LogP contribution in [0.25, 0.3) is 0 Å². The maximum absolute atomic E-state index is 12.4. The highest BCUT2D eigenvalue weighted by atomic mass is 32.2. The number of esters is 1. The Labute approximate surface area is 128 Å². The Morgan fingerprint density at radius 1 is 1.05 bits per heavy atom. The third-order valence-electron chi connectivity index (χ3n) is 2.89. The minimum Gasteiger partial charge on any atom is -0.495 e. The monoisotopic (exact) mass is 321 g/mol. The number of sulfonamides is 1. The first-order chi connectivity index (χ1) is 10.5. The van der Waals surface area contributed by atoms with Crippen LogP contribution in [-0.4, -0.2) is 28.6 Å². The van der Waals surface area contributed by atoms with Crippen molar-refractivity contribution in [3.8, 4) is 5.75 Å². The van der Waals surface area contributed by atoms with Gasteiger partial charge in [0.15, 0.2) is 0 Å². The van der Waals surface area contributed by atoms with E-state index in [1.54, 1.807) is 30.3 Å². The topological polar surface area (TPSA) is 81.7 Å². The lowest BCUT2D eigenvalue weighted by molar-refractivity contribution is 0.0601. The minimum atomic E-state index is -3.83. The molecule has 2 aromatic carbocycles. The summed E-state index contributed by atoms with van der Waals surface area (Å²) in [7, 11) is -1.18. The Bertz CT molecular complexity index is 786. The molecular formula is C15H15NO5S. The summed E-state index contributed by atoms with van der Waals surface area (Å²) in [6, 6.07) is 12.3. The fraction of sp³-hybridized carbons (Fsp3) is 0.133. The molecule has 0 heterocycles. The van der Waals surface area contributed by atoms with E-state index in [-0.39, 0.29) is 21.9 Å². The molecule has 0 aromatic heterocycles. The van der Waals surface area contributed by atoms with Crippen molar-refractivity contribution in [2.24, 2.45) is 0 Å². The second-order valence-electron chi connectivity index (χ2n) is 4.33. The molecule has 0 saturated heterocycles. The number of para-hydroxylation sites is 1. The lowest BCUT2D eigenvalue weighted by Gasteiger charge is -2.11. The average molecular weight is 321 g/mol. The number of benzene rings is 2. The van der Waals surface area contributed by atoms with Gasteiger partial charge in [-0.25, -0.2) is 13.2 Å². The molecule has 0 aliphatic carbocycles. The Morgan fingerprint density at radius 2 is 1.77 bits per heavy atom. The van der Waals surface area contributed by atoms with Crippen molar-refractivity contribution in [2.75, 3.05) is 18.9 Å². The van der Waals surface area contributed by atoms with Gasteiger partial charge in [0.2, 0.25) is 0 Å². The second kappa shape index (κ2) is 6.48. The van der Waals surface area contributed by atoms with Crippen molar-refractivity contribution in [1.82, 2.24) is 0 Å². The maximum atomic E-state index is 12.4. The SMILES string of the molecule is COC(=O)c1cccc(NS(=O)(=O)c2ccccc2OC)c1. The molecule has 0 bridgehead atoms.